The fourth-order valence-corrected chi connectivity index (χ4v) is 1.64. The van der Waals surface area contributed by atoms with Crippen LogP contribution < -0.4 is 0 Å². The Morgan fingerprint density at radius 2 is 1.64 bits per heavy atom. The Morgan fingerprint density at radius 1 is 1.07 bits per heavy atom. The number of allylic oxidation sites excluding steroid dienone is 4. The van der Waals surface area contributed by atoms with E-state index in [0.717, 1.165) is 0 Å². The predicted molar refractivity (Wildman–Crippen MR) is 68.7 cm³/mol. The van der Waals surface area contributed by atoms with E-state index < -0.39 is 0 Å². The van der Waals surface area contributed by atoms with Crippen molar-refractivity contribution in [2.24, 2.45) is 0 Å². The van der Waals surface area contributed by atoms with E-state index in [1.165, 1.54) is 25.7 Å². The van der Waals surface area contributed by atoms with Gasteiger partial charge in [-0.3, -0.25) is 0 Å². The molecule has 0 aliphatic heterocycles. The van der Waals surface area contributed by atoms with E-state index in [1.54, 1.807) is 11.1 Å². The third-order valence-electron chi connectivity index (χ3n) is 2.17. The van der Waals surface area contributed by atoms with Crippen LogP contribution in [0.15, 0.2) is 23.3 Å². The minimum Gasteiger partial charge on any atom is -0.0874 e. The van der Waals surface area contributed by atoms with Gasteiger partial charge in [0.05, 0.1) is 0 Å². The lowest BCUT2D eigenvalue weighted by Gasteiger charge is -1.96. The van der Waals surface area contributed by atoms with Crippen molar-refractivity contribution in [2.75, 3.05) is 0 Å². The van der Waals surface area contributed by atoms with Crippen molar-refractivity contribution in [2.45, 2.75) is 67.2 Å². The van der Waals surface area contributed by atoms with E-state index in [9.17, 15) is 0 Å². The van der Waals surface area contributed by atoms with Crippen LogP contribution in [-0.4, -0.2) is 0 Å². The second-order valence-corrected chi connectivity index (χ2v) is 2.84. The second kappa shape index (κ2) is 12.5. The molecule has 0 heteroatoms. The van der Waals surface area contributed by atoms with Gasteiger partial charge in [-0.05, 0) is 38.2 Å². The van der Waals surface area contributed by atoms with Crippen LogP contribution in [0.1, 0.15) is 67.2 Å². The molecule has 14 heavy (non-hydrogen) atoms. The average Bonchev–Trinajstić information content (AvgIpc) is 2.72. The molecule has 0 atom stereocenters. The third-order valence-corrected chi connectivity index (χ3v) is 2.17. The van der Waals surface area contributed by atoms with Gasteiger partial charge in [-0.25, -0.2) is 0 Å². The van der Waals surface area contributed by atoms with Gasteiger partial charge in [0, 0.05) is 0 Å². The molecule has 0 aromatic heterocycles. The van der Waals surface area contributed by atoms with Crippen molar-refractivity contribution in [3.8, 4) is 0 Å². The van der Waals surface area contributed by atoms with Gasteiger partial charge >= 0.3 is 0 Å². The van der Waals surface area contributed by atoms with Crippen molar-refractivity contribution < 1.29 is 0 Å². The summed E-state index contributed by atoms with van der Waals surface area (Å²) in [4.78, 5) is 0. The highest BCUT2D eigenvalue weighted by Crippen LogP contribution is 2.28. The fourth-order valence-electron chi connectivity index (χ4n) is 1.64. The zero-order valence-electron chi connectivity index (χ0n) is 11.0. The van der Waals surface area contributed by atoms with Crippen LogP contribution in [-0.2, 0) is 0 Å². The predicted octanol–water partition coefficient (Wildman–Crippen LogP) is 5.51. The number of hydrogen-bond donors (Lipinski definition) is 0. The maximum Gasteiger partial charge on any atom is -0.0276 e. The molecule has 1 rings (SSSR count). The maximum atomic E-state index is 2.27. The van der Waals surface area contributed by atoms with Crippen molar-refractivity contribution >= 4 is 0 Å². The maximum absolute atomic E-state index is 2.27. The van der Waals surface area contributed by atoms with Gasteiger partial charge in [0.2, 0.25) is 0 Å². The molecule has 0 amide bonds. The zero-order valence-corrected chi connectivity index (χ0v) is 11.0. The van der Waals surface area contributed by atoms with E-state index in [2.05, 4.69) is 26.0 Å². The number of rotatable bonds is 2. The van der Waals surface area contributed by atoms with Crippen LogP contribution in [0.5, 0.6) is 0 Å². The third kappa shape index (κ3) is 6.01. The molecule has 0 nitrogen and oxygen atoms in total. The molecule has 0 heterocycles. The van der Waals surface area contributed by atoms with Crippen molar-refractivity contribution in [3.05, 3.63) is 23.3 Å². The van der Waals surface area contributed by atoms with Gasteiger partial charge in [0.1, 0.15) is 0 Å². The van der Waals surface area contributed by atoms with Crippen molar-refractivity contribution in [3.63, 3.8) is 0 Å². The highest BCUT2D eigenvalue weighted by Gasteiger charge is 2.08. The fraction of sp³-hybridized carbons (Fsp3) is 0.714. The standard InChI is InChI=1S/C10H16.2C2H6/c1-3-6-10-8-5-7-9(10)4-2;2*1-2/h3,6H,4-5,7-8H2,1-2H3;2*1-2H3/b6-3-;;. The summed E-state index contributed by atoms with van der Waals surface area (Å²) in [6.07, 6.45) is 9.70. The van der Waals surface area contributed by atoms with E-state index in [0.29, 0.717) is 0 Å². The molecule has 0 saturated heterocycles. The first-order valence-electron chi connectivity index (χ1n) is 6.22. The van der Waals surface area contributed by atoms with Crippen molar-refractivity contribution in [1.29, 1.82) is 0 Å². The van der Waals surface area contributed by atoms with Gasteiger partial charge < -0.3 is 0 Å². The summed E-state index contributed by atoms with van der Waals surface area (Å²) in [5.41, 5.74) is 3.28. The minimum atomic E-state index is 1.25. The summed E-state index contributed by atoms with van der Waals surface area (Å²) in [5, 5.41) is 0. The Kier molecular flexibility index (Phi) is 14.2. The van der Waals surface area contributed by atoms with E-state index in [-0.39, 0.29) is 0 Å². The van der Waals surface area contributed by atoms with E-state index in [1.807, 2.05) is 27.7 Å². The highest BCUT2D eigenvalue weighted by atomic mass is 14.1. The molecule has 1 aliphatic carbocycles. The zero-order chi connectivity index (χ0) is 11.4. The first kappa shape index (κ1) is 15.9. The van der Waals surface area contributed by atoms with Crippen LogP contribution in [0.2, 0.25) is 0 Å². The molecule has 84 valence electrons. The highest BCUT2D eigenvalue weighted by molar-refractivity contribution is 5.29. The molecule has 0 saturated carbocycles. The molecule has 1 aliphatic rings. The molecule has 0 aromatic rings. The van der Waals surface area contributed by atoms with Crippen LogP contribution >= 0.6 is 0 Å². The Hall–Kier alpha value is -0.520. The van der Waals surface area contributed by atoms with Crippen molar-refractivity contribution in [1.82, 2.24) is 0 Å². The molecule has 0 spiro atoms. The first-order valence-corrected chi connectivity index (χ1v) is 6.22. The Bertz CT molecular complexity index is 161. The molecule has 0 N–H and O–H groups in total. The van der Waals surface area contributed by atoms with Crippen LogP contribution in [0.4, 0.5) is 0 Å². The summed E-state index contributed by atoms with van der Waals surface area (Å²) in [6.45, 7) is 12.3. The monoisotopic (exact) mass is 196 g/mol. The van der Waals surface area contributed by atoms with Gasteiger partial charge in [-0.1, -0.05) is 52.3 Å². The molecular weight excluding hydrogens is 168 g/mol. The molecular formula is C14H28. The van der Waals surface area contributed by atoms with Crippen LogP contribution in [0.25, 0.3) is 0 Å². The Balaban J connectivity index is 0. The minimum absolute atomic E-state index is 1.25. The Labute approximate surface area is 91.1 Å². The van der Waals surface area contributed by atoms with Gasteiger partial charge in [-0.2, -0.15) is 0 Å². The second-order valence-electron chi connectivity index (χ2n) is 2.84. The molecule has 0 fully saturated rings. The summed E-state index contributed by atoms with van der Waals surface area (Å²) >= 11 is 0. The van der Waals surface area contributed by atoms with Gasteiger partial charge in [-0.15, -0.1) is 0 Å². The summed E-state index contributed by atoms with van der Waals surface area (Å²) in [6, 6.07) is 0. The van der Waals surface area contributed by atoms with E-state index >= 15 is 0 Å². The summed E-state index contributed by atoms with van der Waals surface area (Å²) in [7, 11) is 0. The molecule has 0 aromatic carbocycles. The lowest BCUT2D eigenvalue weighted by atomic mass is 10.1. The molecule has 0 unspecified atom stereocenters. The van der Waals surface area contributed by atoms with Crippen LogP contribution in [0.3, 0.4) is 0 Å². The number of hydrogen-bond acceptors (Lipinski definition) is 0. The Morgan fingerprint density at radius 3 is 2.07 bits per heavy atom. The van der Waals surface area contributed by atoms with Gasteiger partial charge in [0.25, 0.3) is 0 Å². The SMILES string of the molecule is C/C=C\C1=C(CC)CCC1.CC.CC. The normalized spacial score (nSPS) is 14.7. The lowest BCUT2D eigenvalue weighted by molar-refractivity contribution is 0.876. The lowest BCUT2D eigenvalue weighted by Crippen LogP contribution is -1.76. The smallest absolute Gasteiger partial charge is 0.0276 e. The first-order chi connectivity index (χ1) is 6.88. The van der Waals surface area contributed by atoms with Gasteiger partial charge in [0.15, 0.2) is 0 Å². The largest absolute Gasteiger partial charge is 0.0874 e. The average molecular weight is 196 g/mol. The summed E-state index contributed by atoms with van der Waals surface area (Å²) < 4.78 is 0. The molecule has 0 bridgehead atoms. The van der Waals surface area contributed by atoms with E-state index in [4.69, 9.17) is 0 Å². The molecule has 0 radical (unpaired) electrons. The topological polar surface area (TPSA) is 0 Å². The summed E-state index contributed by atoms with van der Waals surface area (Å²) in [5.74, 6) is 0. The van der Waals surface area contributed by atoms with Crippen LogP contribution in [0, 0.1) is 0 Å². The quantitative estimate of drug-likeness (QED) is 0.546.